The number of hydrogen-bond acceptors (Lipinski definition) is 3. The van der Waals surface area contributed by atoms with Crippen molar-refractivity contribution >= 4 is 5.91 Å². The van der Waals surface area contributed by atoms with E-state index in [-0.39, 0.29) is 17.2 Å². The minimum atomic E-state index is -4.63. The molecule has 0 fully saturated rings. The van der Waals surface area contributed by atoms with Crippen LogP contribution in [0.1, 0.15) is 16.2 Å². The van der Waals surface area contributed by atoms with Crippen LogP contribution in [0.3, 0.4) is 0 Å². The number of aromatic nitrogens is 3. The van der Waals surface area contributed by atoms with Crippen LogP contribution in [0.25, 0.3) is 33.6 Å². The molecule has 1 amide bonds. The normalized spacial score (nSPS) is 11.5. The fraction of sp³-hybridized carbons (Fsp3) is 0.0455. The second kappa shape index (κ2) is 7.67. The molecule has 0 saturated carbocycles. The number of carbonyl (C=O) groups excluding carboxylic acids is 1. The van der Waals surface area contributed by atoms with Gasteiger partial charge in [0.05, 0.1) is 5.56 Å². The van der Waals surface area contributed by atoms with Gasteiger partial charge in [-0.1, -0.05) is 48.5 Å². The van der Waals surface area contributed by atoms with Gasteiger partial charge in [0.25, 0.3) is 5.91 Å². The van der Waals surface area contributed by atoms with Crippen LogP contribution in [0, 0.1) is 5.82 Å². The van der Waals surface area contributed by atoms with Gasteiger partial charge < -0.3 is 5.73 Å². The summed E-state index contributed by atoms with van der Waals surface area (Å²) in [5.41, 5.74) is 6.45. The zero-order valence-electron chi connectivity index (χ0n) is 15.7. The lowest BCUT2D eigenvalue weighted by atomic mass is 9.93. The summed E-state index contributed by atoms with van der Waals surface area (Å²) < 4.78 is 53.3. The van der Waals surface area contributed by atoms with Gasteiger partial charge >= 0.3 is 6.18 Å². The van der Waals surface area contributed by atoms with E-state index in [1.807, 2.05) is 0 Å². The number of alkyl halides is 3. The van der Waals surface area contributed by atoms with E-state index < -0.39 is 23.5 Å². The van der Waals surface area contributed by atoms with E-state index in [4.69, 9.17) is 5.73 Å². The zero-order valence-corrected chi connectivity index (χ0v) is 15.7. The van der Waals surface area contributed by atoms with Crippen molar-refractivity contribution in [1.82, 2.24) is 15.2 Å². The van der Waals surface area contributed by atoms with Gasteiger partial charge in [0.2, 0.25) is 5.82 Å². The number of halogens is 4. The topological polar surface area (TPSA) is 84.7 Å². The quantitative estimate of drug-likeness (QED) is 0.447. The molecule has 0 aliphatic carbocycles. The second-order valence-corrected chi connectivity index (χ2v) is 6.69. The predicted octanol–water partition coefficient (Wildman–Crippen LogP) is 5.06. The largest absolute Gasteiger partial charge is 0.416 e. The molecule has 1 aromatic heterocycles. The van der Waals surface area contributed by atoms with Crippen LogP contribution < -0.4 is 5.73 Å². The van der Waals surface area contributed by atoms with Crippen molar-refractivity contribution in [2.45, 2.75) is 6.18 Å². The maximum Gasteiger partial charge on any atom is 0.416 e. The van der Waals surface area contributed by atoms with Crippen molar-refractivity contribution in [2.24, 2.45) is 5.73 Å². The molecule has 3 N–H and O–H groups in total. The molecule has 4 aromatic rings. The number of amides is 1. The Hall–Kier alpha value is -4.01. The number of benzene rings is 3. The first-order chi connectivity index (χ1) is 14.7. The molecule has 4 rings (SSSR count). The van der Waals surface area contributed by atoms with Crippen molar-refractivity contribution in [2.75, 3.05) is 0 Å². The molecule has 156 valence electrons. The summed E-state index contributed by atoms with van der Waals surface area (Å²) in [5.74, 6) is -1.57. The first kappa shape index (κ1) is 20.3. The molecule has 5 nitrogen and oxygen atoms in total. The van der Waals surface area contributed by atoms with Crippen LogP contribution in [0.2, 0.25) is 0 Å². The van der Waals surface area contributed by atoms with Crippen molar-refractivity contribution in [3.63, 3.8) is 0 Å². The van der Waals surface area contributed by atoms with Gasteiger partial charge in [-0.2, -0.15) is 18.3 Å². The lowest BCUT2D eigenvalue weighted by Gasteiger charge is -2.13. The summed E-state index contributed by atoms with van der Waals surface area (Å²) in [6.45, 7) is 0. The smallest absolute Gasteiger partial charge is 0.363 e. The summed E-state index contributed by atoms with van der Waals surface area (Å²) >= 11 is 0. The number of carbonyl (C=O) groups is 1. The molecule has 31 heavy (non-hydrogen) atoms. The number of nitrogens with one attached hydrogen (secondary N) is 1. The SMILES string of the molecule is NC(=O)c1nc(-c2cccc(-c3ccccc3-c3ccc(C(F)(F)F)cc3F)c2)n[nH]1. The number of rotatable bonds is 4. The van der Waals surface area contributed by atoms with Crippen molar-refractivity contribution < 1.29 is 22.4 Å². The summed E-state index contributed by atoms with van der Waals surface area (Å²) in [6.07, 6.45) is -4.63. The van der Waals surface area contributed by atoms with Crippen LogP contribution >= 0.6 is 0 Å². The van der Waals surface area contributed by atoms with E-state index in [1.165, 1.54) is 0 Å². The van der Waals surface area contributed by atoms with Crippen LogP contribution in [-0.4, -0.2) is 21.1 Å². The lowest BCUT2D eigenvalue weighted by Crippen LogP contribution is -2.12. The average Bonchev–Trinajstić information content (AvgIpc) is 3.24. The fourth-order valence-electron chi connectivity index (χ4n) is 3.21. The van der Waals surface area contributed by atoms with E-state index in [0.29, 0.717) is 28.3 Å². The molecular formula is C22H14F4N4O. The van der Waals surface area contributed by atoms with Gasteiger partial charge in [0.15, 0.2) is 5.82 Å². The third kappa shape index (κ3) is 4.02. The Morgan fingerprint density at radius 3 is 2.23 bits per heavy atom. The van der Waals surface area contributed by atoms with Crippen LogP contribution in [-0.2, 0) is 6.18 Å². The molecule has 3 aromatic carbocycles. The fourth-order valence-corrected chi connectivity index (χ4v) is 3.21. The van der Waals surface area contributed by atoms with Crippen molar-refractivity contribution in [3.8, 4) is 33.6 Å². The number of hydrogen-bond donors (Lipinski definition) is 2. The van der Waals surface area contributed by atoms with Gasteiger partial charge in [-0.05, 0) is 34.9 Å². The Labute approximate surface area is 173 Å². The maximum atomic E-state index is 14.6. The maximum absolute atomic E-state index is 14.6. The zero-order chi connectivity index (χ0) is 22.2. The molecule has 0 aliphatic rings. The average molecular weight is 426 g/mol. The van der Waals surface area contributed by atoms with Crippen LogP contribution in [0.15, 0.2) is 66.7 Å². The minimum absolute atomic E-state index is 0.0444. The third-order valence-electron chi connectivity index (χ3n) is 4.66. The molecule has 1 heterocycles. The highest BCUT2D eigenvalue weighted by Gasteiger charge is 2.31. The van der Waals surface area contributed by atoms with Gasteiger partial charge in [-0.25, -0.2) is 9.37 Å². The number of nitrogens with zero attached hydrogens (tertiary/aromatic N) is 2. The van der Waals surface area contributed by atoms with Gasteiger partial charge in [-0.15, -0.1) is 0 Å². The summed E-state index contributed by atoms with van der Waals surface area (Å²) in [7, 11) is 0. The third-order valence-corrected chi connectivity index (χ3v) is 4.66. The lowest BCUT2D eigenvalue weighted by molar-refractivity contribution is -0.137. The Morgan fingerprint density at radius 2 is 1.58 bits per heavy atom. The van der Waals surface area contributed by atoms with Crippen molar-refractivity contribution in [1.29, 1.82) is 0 Å². The minimum Gasteiger partial charge on any atom is -0.363 e. The van der Waals surface area contributed by atoms with Crippen LogP contribution in [0.5, 0.6) is 0 Å². The Kier molecular flexibility index (Phi) is 5.02. The van der Waals surface area contributed by atoms with E-state index >= 15 is 0 Å². The molecule has 0 saturated heterocycles. The molecule has 0 atom stereocenters. The number of H-pyrrole nitrogens is 1. The Morgan fingerprint density at radius 1 is 0.871 bits per heavy atom. The molecule has 0 bridgehead atoms. The van der Waals surface area contributed by atoms with E-state index in [0.717, 1.165) is 12.1 Å². The number of nitrogens with two attached hydrogens (primary N) is 1. The molecule has 9 heteroatoms. The highest BCUT2D eigenvalue weighted by Crippen LogP contribution is 2.37. The first-order valence-electron chi connectivity index (χ1n) is 9.03. The Balaban J connectivity index is 1.79. The highest BCUT2D eigenvalue weighted by atomic mass is 19.4. The summed E-state index contributed by atoms with van der Waals surface area (Å²) in [4.78, 5) is 15.3. The summed E-state index contributed by atoms with van der Waals surface area (Å²) in [5, 5.41) is 6.41. The molecule has 0 unspecified atom stereocenters. The Bertz CT molecular complexity index is 1280. The van der Waals surface area contributed by atoms with E-state index in [1.54, 1.807) is 48.5 Å². The van der Waals surface area contributed by atoms with E-state index in [9.17, 15) is 22.4 Å². The van der Waals surface area contributed by atoms with Crippen molar-refractivity contribution in [3.05, 3.63) is 83.9 Å². The van der Waals surface area contributed by atoms with Gasteiger partial charge in [0, 0.05) is 11.1 Å². The van der Waals surface area contributed by atoms with E-state index in [2.05, 4.69) is 15.2 Å². The monoisotopic (exact) mass is 426 g/mol. The molecule has 0 spiro atoms. The van der Waals surface area contributed by atoms with Gasteiger partial charge in [-0.3, -0.25) is 9.89 Å². The molecular weight excluding hydrogens is 412 g/mol. The molecule has 0 radical (unpaired) electrons. The standard InChI is InChI=1S/C22H14F4N4O/c23-18-11-14(22(24,25)26)8-9-17(18)16-7-2-1-6-15(16)12-4-3-5-13(10-12)20-28-21(19(27)31)30-29-20/h1-11H,(H2,27,31)(H,28,29,30). The predicted molar refractivity (Wildman–Crippen MR) is 106 cm³/mol. The number of primary amides is 1. The van der Waals surface area contributed by atoms with Gasteiger partial charge in [0.1, 0.15) is 5.82 Å². The highest BCUT2D eigenvalue weighted by molar-refractivity contribution is 5.89. The second-order valence-electron chi connectivity index (χ2n) is 6.69. The first-order valence-corrected chi connectivity index (χ1v) is 9.03. The summed E-state index contributed by atoms with van der Waals surface area (Å²) in [6, 6.07) is 16.2. The molecule has 0 aliphatic heterocycles. The van der Waals surface area contributed by atoms with Crippen LogP contribution in [0.4, 0.5) is 17.6 Å². The number of aromatic amines is 1.